The van der Waals surface area contributed by atoms with Crippen molar-refractivity contribution < 1.29 is 22.3 Å². The lowest BCUT2D eigenvalue weighted by atomic mass is 10.0. The molecule has 2 aromatic rings. The van der Waals surface area contributed by atoms with Gasteiger partial charge in [0.1, 0.15) is 11.7 Å². The second-order valence-electron chi connectivity index (χ2n) is 7.64. The Morgan fingerprint density at radius 2 is 2.11 bits per heavy atom. The largest absolute Gasteiger partial charge is 0.393 e. The molecule has 0 amide bonds. The zero-order chi connectivity index (χ0) is 20.1. The third-order valence-corrected chi connectivity index (χ3v) is 6.88. The Kier molecular flexibility index (Phi) is 5.00. The highest BCUT2D eigenvalue weighted by Crippen LogP contribution is 2.35. The number of aromatic nitrogens is 3. The molecule has 2 aliphatic rings. The fourth-order valence-electron chi connectivity index (χ4n) is 4.07. The van der Waals surface area contributed by atoms with E-state index in [1.165, 1.54) is 16.8 Å². The molecule has 1 aliphatic heterocycles. The Hall–Kier alpha value is -1.85. The van der Waals surface area contributed by atoms with E-state index in [0.29, 0.717) is 18.5 Å². The number of nitrogens with one attached hydrogen (secondary N) is 1. The first kappa shape index (κ1) is 19.5. The minimum absolute atomic E-state index is 0.00155. The normalized spacial score (nSPS) is 29.4. The lowest BCUT2D eigenvalue weighted by molar-refractivity contribution is 0.181. The van der Waals surface area contributed by atoms with Crippen molar-refractivity contribution in [3.63, 3.8) is 0 Å². The van der Waals surface area contributed by atoms with Crippen LogP contribution < -0.4 is 5.32 Å². The summed E-state index contributed by atoms with van der Waals surface area (Å²) in [7, 11) is -3.43. The monoisotopic (exact) mass is 415 g/mol. The highest BCUT2D eigenvalue weighted by molar-refractivity contribution is 7.88. The first-order valence-corrected chi connectivity index (χ1v) is 11.1. The number of nitrogens with zero attached hydrogens (tertiary/aromatic N) is 4. The number of hydrogen-bond acceptors (Lipinski definition) is 6. The number of alkyl halides is 1. The molecule has 1 saturated carbocycles. The Balaban J connectivity index is 1.55. The Bertz CT molecular complexity index is 983. The van der Waals surface area contributed by atoms with Crippen molar-refractivity contribution in [2.75, 3.05) is 24.7 Å². The van der Waals surface area contributed by atoms with Crippen LogP contribution in [-0.2, 0) is 10.0 Å². The lowest BCUT2D eigenvalue weighted by Gasteiger charge is -2.33. The summed E-state index contributed by atoms with van der Waals surface area (Å²) >= 11 is 0. The van der Waals surface area contributed by atoms with Crippen LogP contribution in [-0.4, -0.2) is 70.1 Å². The van der Waals surface area contributed by atoms with Gasteiger partial charge in [-0.25, -0.2) is 26.7 Å². The van der Waals surface area contributed by atoms with Gasteiger partial charge < -0.3 is 10.4 Å². The number of sulfonamides is 1. The molecule has 2 unspecified atom stereocenters. The van der Waals surface area contributed by atoms with Gasteiger partial charge in [0.25, 0.3) is 0 Å². The van der Waals surface area contributed by atoms with Crippen LogP contribution in [0.25, 0.3) is 5.52 Å². The van der Waals surface area contributed by atoms with Gasteiger partial charge in [0.15, 0.2) is 5.82 Å². The van der Waals surface area contributed by atoms with Gasteiger partial charge in [-0.2, -0.15) is 4.31 Å². The Labute approximate surface area is 161 Å². The number of aliphatic hydroxyl groups is 1. The van der Waals surface area contributed by atoms with Crippen LogP contribution in [0.1, 0.15) is 37.3 Å². The molecule has 0 aromatic carbocycles. The van der Waals surface area contributed by atoms with Gasteiger partial charge in [0, 0.05) is 24.7 Å². The van der Waals surface area contributed by atoms with Crippen LogP contribution in [0.5, 0.6) is 0 Å². The van der Waals surface area contributed by atoms with E-state index in [-0.39, 0.29) is 36.9 Å². The van der Waals surface area contributed by atoms with E-state index in [2.05, 4.69) is 15.4 Å². The third-order valence-electron chi connectivity index (χ3n) is 5.61. The molecular weight excluding hydrogens is 392 g/mol. The lowest BCUT2D eigenvalue weighted by Crippen LogP contribution is -2.49. The number of piperidine rings is 1. The van der Waals surface area contributed by atoms with Crippen molar-refractivity contribution in [2.24, 2.45) is 0 Å². The summed E-state index contributed by atoms with van der Waals surface area (Å²) in [6, 6.07) is 0.784. The van der Waals surface area contributed by atoms with Gasteiger partial charge in [-0.1, -0.05) is 0 Å². The molecule has 0 radical (unpaired) electrons. The van der Waals surface area contributed by atoms with Crippen molar-refractivity contribution >= 4 is 21.5 Å². The van der Waals surface area contributed by atoms with Gasteiger partial charge in [-0.3, -0.25) is 0 Å². The van der Waals surface area contributed by atoms with Gasteiger partial charge in [0.2, 0.25) is 16.0 Å². The smallest absolute Gasteiger partial charge is 0.241 e. The van der Waals surface area contributed by atoms with Gasteiger partial charge in [0.05, 0.1) is 24.6 Å². The Morgan fingerprint density at radius 3 is 2.75 bits per heavy atom. The molecular formula is C17H23F2N5O3S. The fourth-order valence-corrected chi connectivity index (χ4v) is 4.92. The molecule has 11 heteroatoms. The zero-order valence-corrected chi connectivity index (χ0v) is 16.2. The summed E-state index contributed by atoms with van der Waals surface area (Å²) in [6.45, 7) is -0.00930. The summed E-state index contributed by atoms with van der Waals surface area (Å²) in [5.41, 5.74) is 0.892. The average molecular weight is 415 g/mol. The third kappa shape index (κ3) is 3.70. The number of fused-ring (bicyclic) bond motifs is 1. The van der Waals surface area contributed by atoms with E-state index in [4.69, 9.17) is 0 Å². The number of rotatable bonds is 4. The van der Waals surface area contributed by atoms with E-state index in [1.807, 2.05) is 0 Å². The van der Waals surface area contributed by atoms with E-state index < -0.39 is 34.2 Å². The average Bonchev–Trinajstić information content (AvgIpc) is 3.19. The molecule has 4 atom stereocenters. The van der Waals surface area contributed by atoms with E-state index in [1.54, 1.807) is 0 Å². The quantitative estimate of drug-likeness (QED) is 0.781. The first-order valence-electron chi connectivity index (χ1n) is 9.30. The maximum atomic E-state index is 14.5. The topological polar surface area (TPSA) is 99.8 Å². The number of halogens is 2. The predicted octanol–water partition coefficient (Wildman–Crippen LogP) is 1.28. The number of aliphatic hydroxyl groups excluding tert-OH is 1. The molecule has 0 spiro atoms. The van der Waals surface area contributed by atoms with Crippen LogP contribution in [0.2, 0.25) is 0 Å². The number of anilines is 1. The van der Waals surface area contributed by atoms with Crippen molar-refractivity contribution in [3.8, 4) is 0 Å². The van der Waals surface area contributed by atoms with E-state index >= 15 is 0 Å². The number of hydrogen-bond donors (Lipinski definition) is 2. The molecule has 154 valence electrons. The standard InChI is InChI=1S/C17H23F2N5O3S/c1-28(26,27)23-5-4-14(13(19)9-23)21-17-20-8-16-12(18)7-15(24(16)22-17)10-2-3-11(25)6-10/h7-8,10-11,13-14,25H,2-6,9H2,1H3,(H,21,22)/t10?,11?,13-,14-/m1/s1. The van der Waals surface area contributed by atoms with Crippen LogP contribution in [0.15, 0.2) is 12.3 Å². The molecule has 0 bridgehead atoms. The molecule has 28 heavy (non-hydrogen) atoms. The molecule has 2 N–H and O–H groups in total. The first-order chi connectivity index (χ1) is 13.2. The van der Waals surface area contributed by atoms with Crippen molar-refractivity contribution in [1.82, 2.24) is 18.9 Å². The predicted molar refractivity (Wildman–Crippen MR) is 98.9 cm³/mol. The van der Waals surface area contributed by atoms with E-state index in [0.717, 1.165) is 17.0 Å². The molecule has 2 aromatic heterocycles. The summed E-state index contributed by atoms with van der Waals surface area (Å²) < 4.78 is 54.5. The van der Waals surface area contributed by atoms with Crippen LogP contribution in [0.3, 0.4) is 0 Å². The van der Waals surface area contributed by atoms with Crippen molar-refractivity contribution in [1.29, 1.82) is 0 Å². The molecule has 1 saturated heterocycles. The van der Waals surface area contributed by atoms with Gasteiger partial charge in [-0.15, -0.1) is 5.10 Å². The second kappa shape index (κ2) is 7.20. The van der Waals surface area contributed by atoms with Gasteiger partial charge in [-0.05, 0) is 31.7 Å². The minimum Gasteiger partial charge on any atom is -0.393 e. The molecule has 3 heterocycles. The molecule has 8 nitrogen and oxygen atoms in total. The summed E-state index contributed by atoms with van der Waals surface area (Å²) in [5, 5.41) is 17.0. The second-order valence-corrected chi connectivity index (χ2v) is 9.62. The summed E-state index contributed by atoms with van der Waals surface area (Å²) in [6.07, 6.45) is 2.84. The summed E-state index contributed by atoms with van der Waals surface area (Å²) in [5.74, 6) is -0.280. The Morgan fingerprint density at radius 1 is 1.32 bits per heavy atom. The van der Waals surface area contributed by atoms with Crippen molar-refractivity contribution in [2.45, 2.75) is 49.9 Å². The SMILES string of the molecule is CS(=O)(=O)N1CC[C@@H](Nc2ncc3c(F)cc(C4CCC(O)C4)n3n2)[C@H](F)C1. The van der Waals surface area contributed by atoms with Crippen LogP contribution in [0, 0.1) is 5.82 Å². The van der Waals surface area contributed by atoms with Crippen molar-refractivity contribution in [3.05, 3.63) is 23.8 Å². The highest BCUT2D eigenvalue weighted by Gasteiger charge is 2.34. The van der Waals surface area contributed by atoms with E-state index in [9.17, 15) is 22.3 Å². The highest BCUT2D eigenvalue weighted by atomic mass is 32.2. The maximum Gasteiger partial charge on any atom is 0.241 e. The molecule has 4 rings (SSSR count). The molecule has 1 aliphatic carbocycles. The van der Waals surface area contributed by atoms with Crippen LogP contribution in [0.4, 0.5) is 14.7 Å². The zero-order valence-electron chi connectivity index (χ0n) is 15.4. The van der Waals surface area contributed by atoms with Crippen LogP contribution >= 0.6 is 0 Å². The summed E-state index contributed by atoms with van der Waals surface area (Å²) in [4.78, 5) is 4.09. The fraction of sp³-hybridized carbons (Fsp3) is 0.647. The molecule has 2 fully saturated rings. The maximum absolute atomic E-state index is 14.5. The minimum atomic E-state index is -3.43. The van der Waals surface area contributed by atoms with Gasteiger partial charge >= 0.3 is 0 Å².